The first-order chi connectivity index (χ1) is 17.8. The molecular weight excluding hydrogens is 510 g/mol. The summed E-state index contributed by atoms with van der Waals surface area (Å²) < 4.78 is 33.8. The summed E-state index contributed by atoms with van der Waals surface area (Å²) in [5.41, 5.74) is 0.813. The van der Waals surface area contributed by atoms with E-state index in [1.54, 1.807) is 66.7 Å². The van der Waals surface area contributed by atoms with Crippen LogP contribution in [0.3, 0.4) is 0 Å². The maximum absolute atomic E-state index is 13.7. The third-order valence-corrected chi connectivity index (χ3v) is 7.75. The largest absolute Gasteiger partial charge is 0.494 e. The molecule has 3 rings (SSSR count). The summed E-state index contributed by atoms with van der Waals surface area (Å²) in [4.78, 5) is 26.6. The van der Waals surface area contributed by atoms with Crippen molar-refractivity contribution >= 4 is 45.0 Å². The number of benzene rings is 3. The lowest BCUT2D eigenvalue weighted by atomic mass is 10.1. The van der Waals surface area contributed by atoms with Gasteiger partial charge in [-0.2, -0.15) is 0 Å². The van der Waals surface area contributed by atoms with Crippen molar-refractivity contribution in [2.75, 3.05) is 35.6 Å². The Hall–Kier alpha value is -3.76. The van der Waals surface area contributed by atoms with Gasteiger partial charge in [-0.05, 0) is 73.8 Å². The number of amides is 2. The van der Waals surface area contributed by atoms with Gasteiger partial charge >= 0.3 is 0 Å². The lowest BCUT2D eigenvalue weighted by Crippen LogP contribution is -2.38. The van der Waals surface area contributed by atoms with Crippen LogP contribution in [0.15, 0.2) is 95.2 Å². The highest BCUT2D eigenvalue weighted by Gasteiger charge is 2.28. The second-order valence-electron chi connectivity index (χ2n) is 7.71. The first-order valence-corrected chi connectivity index (χ1v) is 14.1. The summed E-state index contributed by atoms with van der Waals surface area (Å²) in [6, 6.07) is 19.4. The van der Waals surface area contributed by atoms with Gasteiger partial charge in [-0.3, -0.25) is 13.9 Å². The van der Waals surface area contributed by atoms with Gasteiger partial charge in [0.25, 0.3) is 15.9 Å². The zero-order valence-electron chi connectivity index (χ0n) is 20.6. The average Bonchev–Trinajstić information content (AvgIpc) is 2.91. The zero-order valence-corrected chi connectivity index (χ0v) is 22.3. The van der Waals surface area contributed by atoms with Crippen LogP contribution >= 0.6 is 11.8 Å². The minimum absolute atomic E-state index is 0.0520. The molecule has 0 heterocycles. The van der Waals surface area contributed by atoms with Crippen LogP contribution in [-0.2, 0) is 14.8 Å². The molecule has 0 radical (unpaired) electrons. The number of sulfonamides is 1. The molecule has 0 saturated heterocycles. The highest BCUT2D eigenvalue weighted by molar-refractivity contribution is 7.98. The minimum Gasteiger partial charge on any atom is -0.494 e. The lowest BCUT2D eigenvalue weighted by Gasteiger charge is -2.24. The molecule has 3 aromatic rings. The fourth-order valence-electron chi connectivity index (χ4n) is 3.44. The molecule has 8 nitrogen and oxygen atoms in total. The molecule has 0 unspecified atom stereocenters. The van der Waals surface area contributed by atoms with Gasteiger partial charge in [0.2, 0.25) is 5.91 Å². The molecule has 37 heavy (non-hydrogen) atoms. The number of thioether (sulfide) groups is 1. The summed E-state index contributed by atoms with van der Waals surface area (Å²) in [5.74, 6) is -0.417. The molecule has 194 valence electrons. The number of ether oxygens (including phenoxy) is 1. The Bertz CT molecular complexity index is 1340. The van der Waals surface area contributed by atoms with Gasteiger partial charge in [-0.15, -0.1) is 18.3 Å². The number of hydrogen-bond acceptors (Lipinski definition) is 6. The van der Waals surface area contributed by atoms with Crippen molar-refractivity contribution in [3.05, 3.63) is 91.0 Å². The van der Waals surface area contributed by atoms with E-state index in [2.05, 4.69) is 17.2 Å². The van der Waals surface area contributed by atoms with Crippen LogP contribution < -0.4 is 19.7 Å². The molecule has 0 aromatic heterocycles. The number of nitrogens with zero attached hydrogens (tertiary/aromatic N) is 1. The van der Waals surface area contributed by atoms with E-state index in [4.69, 9.17) is 4.74 Å². The molecule has 0 aliphatic carbocycles. The maximum atomic E-state index is 13.7. The molecule has 2 amide bonds. The SMILES string of the molecule is C=CCNC(=O)c1ccccc1NC(=O)CN(c1ccc(OCC)cc1)S(=O)(=O)c1ccc(SC)cc1. The summed E-state index contributed by atoms with van der Waals surface area (Å²) in [5, 5.41) is 5.35. The highest BCUT2D eigenvalue weighted by Crippen LogP contribution is 2.27. The average molecular weight is 540 g/mol. The normalized spacial score (nSPS) is 10.9. The summed E-state index contributed by atoms with van der Waals surface area (Å²) >= 11 is 1.49. The predicted octanol–water partition coefficient (Wildman–Crippen LogP) is 4.56. The van der Waals surface area contributed by atoms with Crippen LogP contribution in [0, 0.1) is 0 Å². The number of rotatable bonds is 12. The van der Waals surface area contributed by atoms with Gasteiger partial charge in [0.1, 0.15) is 12.3 Å². The third kappa shape index (κ3) is 7.14. The summed E-state index contributed by atoms with van der Waals surface area (Å²) in [6.45, 7) is 5.64. The molecule has 0 spiro atoms. The fraction of sp³-hybridized carbons (Fsp3) is 0.185. The Morgan fingerprint density at radius 3 is 2.32 bits per heavy atom. The molecule has 0 saturated carbocycles. The second-order valence-corrected chi connectivity index (χ2v) is 10.4. The number of carbonyl (C=O) groups is 2. The first-order valence-electron chi connectivity index (χ1n) is 11.5. The van der Waals surface area contributed by atoms with Crippen molar-refractivity contribution < 1.29 is 22.7 Å². The third-order valence-electron chi connectivity index (χ3n) is 5.22. The highest BCUT2D eigenvalue weighted by atomic mass is 32.2. The van der Waals surface area contributed by atoms with E-state index in [1.807, 2.05) is 13.2 Å². The van der Waals surface area contributed by atoms with Crippen LogP contribution in [-0.4, -0.2) is 46.2 Å². The molecular formula is C27H29N3O5S2. The number of nitrogens with one attached hydrogen (secondary N) is 2. The van der Waals surface area contributed by atoms with E-state index in [1.165, 1.54) is 23.9 Å². The molecule has 0 bridgehead atoms. The Morgan fingerprint density at radius 1 is 1.03 bits per heavy atom. The van der Waals surface area contributed by atoms with E-state index < -0.39 is 22.5 Å². The summed E-state index contributed by atoms with van der Waals surface area (Å²) in [7, 11) is -4.10. The van der Waals surface area contributed by atoms with E-state index in [0.717, 1.165) is 9.20 Å². The monoisotopic (exact) mass is 539 g/mol. The Kier molecular flexibility index (Phi) is 9.76. The van der Waals surface area contributed by atoms with Crippen LogP contribution in [0.2, 0.25) is 0 Å². The second kappa shape index (κ2) is 13.0. The molecule has 0 aliphatic rings. The van der Waals surface area contributed by atoms with Crippen LogP contribution in [0.1, 0.15) is 17.3 Å². The van der Waals surface area contributed by atoms with E-state index in [9.17, 15) is 18.0 Å². The molecule has 0 aliphatic heterocycles. The van der Waals surface area contributed by atoms with Crippen molar-refractivity contribution in [1.29, 1.82) is 0 Å². The minimum atomic E-state index is -4.10. The number of para-hydroxylation sites is 1. The van der Waals surface area contributed by atoms with Crippen molar-refractivity contribution in [2.45, 2.75) is 16.7 Å². The molecule has 3 aromatic carbocycles. The topological polar surface area (TPSA) is 105 Å². The molecule has 2 N–H and O–H groups in total. The smallest absolute Gasteiger partial charge is 0.264 e. The Morgan fingerprint density at radius 2 is 1.70 bits per heavy atom. The van der Waals surface area contributed by atoms with Crippen LogP contribution in [0.4, 0.5) is 11.4 Å². The van der Waals surface area contributed by atoms with Gasteiger partial charge in [-0.25, -0.2) is 8.42 Å². The van der Waals surface area contributed by atoms with Gasteiger partial charge in [0, 0.05) is 11.4 Å². The van der Waals surface area contributed by atoms with Gasteiger partial charge in [0.15, 0.2) is 0 Å². The van der Waals surface area contributed by atoms with Crippen molar-refractivity contribution in [3.8, 4) is 5.75 Å². The van der Waals surface area contributed by atoms with E-state index in [0.29, 0.717) is 18.0 Å². The summed E-state index contributed by atoms with van der Waals surface area (Å²) in [6.07, 6.45) is 3.44. The number of hydrogen-bond donors (Lipinski definition) is 2. The zero-order chi connectivity index (χ0) is 26.8. The quantitative estimate of drug-likeness (QED) is 0.258. The van der Waals surface area contributed by atoms with Crippen molar-refractivity contribution in [3.63, 3.8) is 0 Å². The Balaban J connectivity index is 1.93. The molecule has 10 heteroatoms. The molecule has 0 atom stereocenters. The van der Waals surface area contributed by atoms with Gasteiger partial charge in [0.05, 0.1) is 28.4 Å². The van der Waals surface area contributed by atoms with E-state index in [-0.39, 0.29) is 28.6 Å². The number of carbonyl (C=O) groups excluding carboxylic acids is 2. The van der Waals surface area contributed by atoms with Gasteiger partial charge in [-0.1, -0.05) is 18.2 Å². The molecule has 0 fully saturated rings. The van der Waals surface area contributed by atoms with Crippen LogP contribution in [0.5, 0.6) is 5.75 Å². The van der Waals surface area contributed by atoms with Gasteiger partial charge < -0.3 is 15.4 Å². The Labute approximate surface area is 221 Å². The first kappa shape index (κ1) is 27.8. The van der Waals surface area contributed by atoms with E-state index >= 15 is 0 Å². The lowest BCUT2D eigenvalue weighted by molar-refractivity contribution is -0.114. The maximum Gasteiger partial charge on any atom is 0.264 e. The van der Waals surface area contributed by atoms with Crippen LogP contribution in [0.25, 0.3) is 0 Å². The standard InChI is InChI=1S/C27H29N3O5S2/c1-4-18-28-27(32)24-8-6-7-9-25(24)29-26(31)19-30(20-10-12-21(13-11-20)35-5-2)37(33,34)23-16-14-22(36-3)15-17-23/h4,6-17H,1,5,18-19H2,2-3H3,(H,28,32)(H,29,31). The predicted molar refractivity (Wildman–Crippen MR) is 148 cm³/mol. The van der Waals surface area contributed by atoms with Crippen molar-refractivity contribution in [2.24, 2.45) is 0 Å². The van der Waals surface area contributed by atoms with Crippen molar-refractivity contribution in [1.82, 2.24) is 5.32 Å². The number of anilines is 2. The fourth-order valence-corrected chi connectivity index (χ4v) is 5.26.